The van der Waals surface area contributed by atoms with Crippen LogP contribution in [0.3, 0.4) is 0 Å². The third-order valence-corrected chi connectivity index (χ3v) is 3.57. The second-order valence-electron chi connectivity index (χ2n) is 2.92. The molecule has 2 N–H and O–H groups in total. The minimum absolute atomic E-state index is 0.0392. The molecule has 0 bridgehead atoms. The summed E-state index contributed by atoms with van der Waals surface area (Å²) in [6, 6.07) is -0.665. The number of amides is 2. The molecule has 1 unspecified atom stereocenters. The van der Waals surface area contributed by atoms with Crippen LogP contribution >= 0.6 is 0 Å². The smallest absolute Gasteiger partial charge is 0.318 e. The van der Waals surface area contributed by atoms with Gasteiger partial charge in [-0.15, -0.1) is 0 Å². The highest BCUT2D eigenvalue weighted by molar-refractivity contribution is 7.91. The van der Waals surface area contributed by atoms with E-state index in [0.29, 0.717) is 6.42 Å². The lowest BCUT2D eigenvalue weighted by molar-refractivity contribution is 0.241. The van der Waals surface area contributed by atoms with Crippen LogP contribution in [0.2, 0.25) is 0 Å². The van der Waals surface area contributed by atoms with E-state index in [4.69, 9.17) is 0 Å². The van der Waals surface area contributed by atoms with Gasteiger partial charge in [-0.05, 0) is 12.6 Å². The topological polar surface area (TPSA) is 75.3 Å². The molecule has 5 nitrogen and oxygen atoms in total. The molecule has 1 aliphatic rings. The maximum Gasteiger partial charge on any atom is 0.318 e. The monoisotopic (exact) mass is 204 g/mol. The van der Waals surface area contributed by atoms with E-state index in [0.717, 1.165) is 0 Å². The van der Waals surface area contributed by atoms with E-state index in [1.165, 1.54) is 6.20 Å². The third kappa shape index (κ3) is 3.06. The summed E-state index contributed by atoms with van der Waals surface area (Å²) in [5, 5.41) is 4.85. The molecule has 0 aliphatic carbocycles. The van der Waals surface area contributed by atoms with Crippen LogP contribution in [-0.2, 0) is 9.84 Å². The molecule has 1 aliphatic heterocycles. The maximum atomic E-state index is 11.0. The maximum absolute atomic E-state index is 11.0. The zero-order chi connectivity index (χ0) is 9.90. The Hall–Kier alpha value is -1.04. The summed E-state index contributed by atoms with van der Waals surface area (Å²) in [6.45, 7) is 3.31. The van der Waals surface area contributed by atoms with Gasteiger partial charge in [0.15, 0.2) is 9.84 Å². The fraction of sp³-hybridized carbons (Fsp3) is 0.571. The Balaban J connectivity index is 2.40. The Morgan fingerprint density at radius 2 is 2.23 bits per heavy atom. The highest BCUT2D eigenvalue weighted by Gasteiger charge is 2.28. The van der Waals surface area contributed by atoms with Gasteiger partial charge in [-0.3, -0.25) is 0 Å². The van der Waals surface area contributed by atoms with Crippen LogP contribution in [0.25, 0.3) is 0 Å². The quantitative estimate of drug-likeness (QED) is 0.643. The molecule has 1 atom stereocenters. The fourth-order valence-corrected chi connectivity index (χ4v) is 2.90. The number of nitrogens with one attached hydrogen (secondary N) is 2. The third-order valence-electron chi connectivity index (χ3n) is 1.80. The van der Waals surface area contributed by atoms with E-state index in [-0.39, 0.29) is 17.5 Å². The number of carbonyl (C=O) groups excluding carboxylic acids is 1. The summed E-state index contributed by atoms with van der Waals surface area (Å²) < 4.78 is 22.0. The first-order valence-electron chi connectivity index (χ1n) is 3.92. The van der Waals surface area contributed by atoms with Gasteiger partial charge in [-0.25, -0.2) is 13.2 Å². The van der Waals surface area contributed by atoms with Crippen molar-refractivity contribution in [2.24, 2.45) is 0 Å². The van der Waals surface area contributed by atoms with Crippen molar-refractivity contribution in [1.82, 2.24) is 10.6 Å². The molecule has 0 aromatic carbocycles. The van der Waals surface area contributed by atoms with E-state index < -0.39 is 15.9 Å². The minimum atomic E-state index is -2.92. The molecule has 0 radical (unpaired) electrons. The summed E-state index contributed by atoms with van der Waals surface area (Å²) in [6.07, 6.45) is 1.74. The Morgan fingerprint density at radius 1 is 1.54 bits per heavy atom. The number of sulfone groups is 1. The molecule has 6 heteroatoms. The molecule has 0 spiro atoms. The lowest BCUT2D eigenvalue weighted by atomic mass is 10.3. The minimum Gasteiger partial charge on any atom is -0.334 e. The van der Waals surface area contributed by atoms with Gasteiger partial charge in [-0.2, -0.15) is 0 Å². The van der Waals surface area contributed by atoms with Gasteiger partial charge in [-0.1, -0.05) is 6.58 Å². The molecule has 1 fully saturated rings. The average Bonchev–Trinajstić information content (AvgIpc) is 2.30. The first kappa shape index (κ1) is 10.0. The van der Waals surface area contributed by atoms with Crippen LogP contribution in [0.15, 0.2) is 12.8 Å². The van der Waals surface area contributed by atoms with Crippen molar-refractivity contribution >= 4 is 15.9 Å². The number of hydrogen-bond acceptors (Lipinski definition) is 3. The predicted molar refractivity (Wildman–Crippen MR) is 48.9 cm³/mol. The predicted octanol–water partition coefficient (Wildman–Crippen LogP) is -0.384. The first-order valence-corrected chi connectivity index (χ1v) is 5.74. The fourth-order valence-electron chi connectivity index (χ4n) is 1.23. The van der Waals surface area contributed by atoms with Gasteiger partial charge in [0.2, 0.25) is 0 Å². The van der Waals surface area contributed by atoms with E-state index in [1.807, 2.05) is 0 Å². The molecular formula is C7H12N2O3S. The number of carbonyl (C=O) groups is 1. The van der Waals surface area contributed by atoms with E-state index in [9.17, 15) is 13.2 Å². The zero-order valence-electron chi connectivity index (χ0n) is 7.12. The van der Waals surface area contributed by atoms with Crippen LogP contribution in [0.4, 0.5) is 4.79 Å². The van der Waals surface area contributed by atoms with Gasteiger partial charge < -0.3 is 10.6 Å². The molecule has 1 saturated heterocycles. The summed E-state index contributed by atoms with van der Waals surface area (Å²) >= 11 is 0. The van der Waals surface area contributed by atoms with Gasteiger partial charge in [0.05, 0.1) is 11.5 Å². The van der Waals surface area contributed by atoms with E-state index in [2.05, 4.69) is 17.2 Å². The van der Waals surface area contributed by atoms with Crippen molar-refractivity contribution in [2.75, 3.05) is 11.5 Å². The van der Waals surface area contributed by atoms with Crippen LogP contribution in [0.5, 0.6) is 0 Å². The Morgan fingerprint density at radius 3 is 2.69 bits per heavy atom. The van der Waals surface area contributed by atoms with Crippen LogP contribution in [-0.4, -0.2) is 32.0 Å². The summed E-state index contributed by atoms with van der Waals surface area (Å²) in [5.74, 6) is 0.198. The second kappa shape index (κ2) is 3.78. The van der Waals surface area contributed by atoms with Crippen LogP contribution < -0.4 is 10.6 Å². The van der Waals surface area contributed by atoms with Crippen molar-refractivity contribution in [1.29, 1.82) is 0 Å². The van der Waals surface area contributed by atoms with Crippen molar-refractivity contribution in [3.05, 3.63) is 12.8 Å². The second-order valence-corrected chi connectivity index (χ2v) is 5.15. The lowest BCUT2D eigenvalue weighted by Crippen LogP contribution is -2.40. The first-order chi connectivity index (χ1) is 6.03. The van der Waals surface area contributed by atoms with Crippen LogP contribution in [0, 0.1) is 0 Å². The van der Waals surface area contributed by atoms with Gasteiger partial charge >= 0.3 is 6.03 Å². The molecule has 13 heavy (non-hydrogen) atoms. The molecule has 1 rings (SSSR count). The molecule has 0 aromatic rings. The van der Waals surface area contributed by atoms with Crippen molar-refractivity contribution < 1.29 is 13.2 Å². The zero-order valence-corrected chi connectivity index (χ0v) is 7.93. The highest BCUT2D eigenvalue weighted by atomic mass is 32.2. The SMILES string of the molecule is C=CNC(=O)NC1CCS(=O)(=O)C1. The van der Waals surface area contributed by atoms with Crippen LogP contribution in [0.1, 0.15) is 6.42 Å². The number of hydrogen-bond donors (Lipinski definition) is 2. The van der Waals surface area contributed by atoms with E-state index in [1.54, 1.807) is 0 Å². The van der Waals surface area contributed by atoms with Gasteiger partial charge in [0.25, 0.3) is 0 Å². The highest BCUT2D eigenvalue weighted by Crippen LogP contribution is 2.10. The van der Waals surface area contributed by atoms with Gasteiger partial charge in [0, 0.05) is 6.04 Å². The van der Waals surface area contributed by atoms with Crippen molar-refractivity contribution in [3.63, 3.8) is 0 Å². The summed E-state index contributed by atoms with van der Waals surface area (Å²) in [4.78, 5) is 10.9. The van der Waals surface area contributed by atoms with Crippen molar-refractivity contribution in [2.45, 2.75) is 12.5 Å². The van der Waals surface area contributed by atoms with Gasteiger partial charge in [0.1, 0.15) is 0 Å². The molecule has 2 amide bonds. The number of urea groups is 1. The Labute approximate surface area is 77.1 Å². The average molecular weight is 204 g/mol. The molecule has 1 heterocycles. The van der Waals surface area contributed by atoms with E-state index >= 15 is 0 Å². The number of rotatable bonds is 2. The Kier molecular flexibility index (Phi) is 2.92. The standard InChI is InChI=1S/C7H12N2O3S/c1-2-8-7(10)9-6-3-4-13(11,12)5-6/h2,6H,1,3-5H2,(H2,8,9,10). The summed E-state index contributed by atoms with van der Waals surface area (Å²) in [7, 11) is -2.92. The Bertz CT molecular complexity index is 310. The largest absolute Gasteiger partial charge is 0.334 e. The van der Waals surface area contributed by atoms with Crippen molar-refractivity contribution in [3.8, 4) is 0 Å². The molecule has 0 saturated carbocycles. The molecule has 74 valence electrons. The molecular weight excluding hydrogens is 192 g/mol. The summed E-state index contributed by atoms with van der Waals surface area (Å²) in [5.41, 5.74) is 0. The lowest BCUT2D eigenvalue weighted by Gasteiger charge is -2.09. The normalized spacial score (nSPS) is 25.1. The molecule has 0 aromatic heterocycles.